The zero-order chi connectivity index (χ0) is 21.9. The summed E-state index contributed by atoms with van der Waals surface area (Å²) in [4.78, 5) is 15.7. The molecule has 7 heteroatoms. The van der Waals surface area contributed by atoms with E-state index in [9.17, 15) is 4.79 Å². The molecule has 0 atom stereocenters. The Morgan fingerprint density at radius 3 is 2.75 bits per heavy atom. The van der Waals surface area contributed by atoms with Crippen LogP contribution in [0, 0.1) is 0 Å². The molecule has 5 rings (SSSR count). The molecular formula is C25H30N4O3. The van der Waals surface area contributed by atoms with E-state index in [-0.39, 0.29) is 5.91 Å². The lowest BCUT2D eigenvalue weighted by molar-refractivity contribution is 0.0361. The van der Waals surface area contributed by atoms with Gasteiger partial charge in [-0.15, -0.1) is 0 Å². The highest BCUT2D eigenvalue weighted by Gasteiger charge is 2.22. The molecule has 1 aliphatic heterocycles. The van der Waals surface area contributed by atoms with Crippen molar-refractivity contribution in [3.63, 3.8) is 0 Å². The smallest absolute Gasteiger partial charge is 0.276 e. The number of para-hydroxylation sites is 1. The summed E-state index contributed by atoms with van der Waals surface area (Å²) in [7, 11) is 1.66. The normalized spacial score (nSPS) is 16.7. The predicted octanol–water partition coefficient (Wildman–Crippen LogP) is 3.51. The molecule has 0 spiro atoms. The molecule has 1 aliphatic carbocycles. The summed E-state index contributed by atoms with van der Waals surface area (Å²) in [5.41, 5.74) is 4.82. The molecule has 168 valence electrons. The number of carbonyl (C=O) groups excluding carboxylic acids is 1. The Morgan fingerprint density at radius 2 is 1.91 bits per heavy atom. The topological polar surface area (TPSA) is 68.6 Å². The Kier molecular flexibility index (Phi) is 6.10. The van der Waals surface area contributed by atoms with Crippen molar-refractivity contribution in [3.05, 3.63) is 53.2 Å². The number of anilines is 1. The second-order valence-electron chi connectivity index (χ2n) is 8.49. The highest BCUT2D eigenvalue weighted by Crippen LogP contribution is 2.31. The summed E-state index contributed by atoms with van der Waals surface area (Å²) >= 11 is 0. The van der Waals surface area contributed by atoms with Gasteiger partial charge in [0.1, 0.15) is 11.3 Å². The van der Waals surface area contributed by atoms with Gasteiger partial charge in [0.25, 0.3) is 5.91 Å². The van der Waals surface area contributed by atoms with E-state index >= 15 is 0 Å². The highest BCUT2D eigenvalue weighted by molar-refractivity contribution is 6.12. The number of ether oxygens (including phenoxy) is 2. The molecule has 32 heavy (non-hydrogen) atoms. The Bertz CT molecular complexity index is 1120. The van der Waals surface area contributed by atoms with Crippen LogP contribution in [0.1, 0.15) is 34.5 Å². The molecule has 0 saturated carbocycles. The van der Waals surface area contributed by atoms with Gasteiger partial charge in [-0.05, 0) is 48.9 Å². The third-order valence-corrected chi connectivity index (χ3v) is 6.54. The average molecular weight is 435 g/mol. The van der Waals surface area contributed by atoms with Gasteiger partial charge in [0, 0.05) is 30.7 Å². The zero-order valence-corrected chi connectivity index (χ0v) is 18.6. The average Bonchev–Trinajstić information content (AvgIpc) is 3.23. The molecule has 3 aromatic rings. The number of fused-ring (bicyclic) bond motifs is 2. The molecule has 0 bridgehead atoms. The number of nitrogens with zero attached hydrogens (tertiary/aromatic N) is 3. The number of morpholine rings is 1. The molecule has 1 fully saturated rings. The summed E-state index contributed by atoms with van der Waals surface area (Å²) in [5, 5.41) is 8.72. The van der Waals surface area contributed by atoms with Gasteiger partial charge in [0.2, 0.25) is 0 Å². The largest absolute Gasteiger partial charge is 0.494 e. The van der Waals surface area contributed by atoms with Crippen LogP contribution in [-0.4, -0.2) is 60.5 Å². The molecule has 2 aromatic carbocycles. The molecule has 1 N–H and O–H groups in total. The van der Waals surface area contributed by atoms with Crippen molar-refractivity contribution in [3.8, 4) is 5.75 Å². The van der Waals surface area contributed by atoms with Crippen LogP contribution in [0.15, 0.2) is 36.4 Å². The minimum absolute atomic E-state index is 0.174. The van der Waals surface area contributed by atoms with E-state index in [0.29, 0.717) is 12.2 Å². The van der Waals surface area contributed by atoms with Crippen molar-refractivity contribution in [1.29, 1.82) is 0 Å². The fourth-order valence-corrected chi connectivity index (χ4v) is 4.84. The standard InChI is InChI=1S/C25H30N4O3/c1-31-22-11-5-9-20-23(27-29(24(20)22)13-12-28-14-16-32-17-15-28)25(30)26-21-10-4-7-18-6-2-3-8-19(18)21/h4-5,7,9-11H,2-3,6,8,12-17H2,1H3,(H,26,30). The Morgan fingerprint density at radius 1 is 1.09 bits per heavy atom. The molecule has 0 radical (unpaired) electrons. The van der Waals surface area contributed by atoms with Crippen LogP contribution in [0.25, 0.3) is 10.9 Å². The lowest BCUT2D eigenvalue weighted by atomic mass is 9.90. The van der Waals surface area contributed by atoms with Gasteiger partial charge in [-0.3, -0.25) is 14.4 Å². The number of methoxy groups -OCH3 is 1. The molecule has 0 unspecified atom stereocenters. The van der Waals surface area contributed by atoms with E-state index in [2.05, 4.69) is 16.3 Å². The van der Waals surface area contributed by atoms with Crippen LogP contribution in [0.5, 0.6) is 5.75 Å². The quantitative estimate of drug-likeness (QED) is 0.643. The SMILES string of the molecule is COc1cccc2c(C(=O)Nc3cccc4c3CCCC4)nn(CCN3CCOCC3)c12. The van der Waals surface area contributed by atoms with Crippen molar-refractivity contribution in [2.24, 2.45) is 0 Å². The van der Waals surface area contributed by atoms with Crippen LogP contribution in [-0.2, 0) is 24.1 Å². The highest BCUT2D eigenvalue weighted by atomic mass is 16.5. The number of hydrogen-bond acceptors (Lipinski definition) is 5. The van der Waals surface area contributed by atoms with Gasteiger partial charge in [-0.1, -0.05) is 24.3 Å². The van der Waals surface area contributed by atoms with E-state index in [1.807, 2.05) is 35.0 Å². The molecule has 2 heterocycles. The lowest BCUT2D eigenvalue weighted by Crippen LogP contribution is -2.38. The number of amides is 1. The third kappa shape index (κ3) is 4.10. The Labute approximate surface area is 188 Å². The van der Waals surface area contributed by atoms with Gasteiger partial charge >= 0.3 is 0 Å². The van der Waals surface area contributed by atoms with Crippen molar-refractivity contribution < 1.29 is 14.3 Å². The molecule has 1 amide bonds. The number of benzene rings is 2. The van der Waals surface area contributed by atoms with Gasteiger partial charge in [0.05, 0.1) is 26.9 Å². The van der Waals surface area contributed by atoms with E-state index in [1.165, 1.54) is 17.5 Å². The second-order valence-corrected chi connectivity index (χ2v) is 8.49. The third-order valence-electron chi connectivity index (χ3n) is 6.54. The van der Waals surface area contributed by atoms with Crippen LogP contribution < -0.4 is 10.1 Å². The van der Waals surface area contributed by atoms with Crippen molar-refractivity contribution >= 4 is 22.5 Å². The summed E-state index contributed by atoms with van der Waals surface area (Å²) in [6.45, 7) is 4.90. The number of aryl methyl sites for hydroxylation is 1. The first-order valence-electron chi connectivity index (χ1n) is 11.5. The van der Waals surface area contributed by atoms with Crippen LogP contribution in [0.4, 0.5) is 5.69 Å². The monoisotopic (exact) mass is 434 g/mol. The minimum Gasteiger partial charge on any atom is -0.494 e. The number of nitrogens with one attached hydrogen (secondary N) is 1. The maximum atomic E-state index is 13.4. The van der Waals surface area contributed by atoms with E-state index < -0.39 is 0 Å². The summed E-state index contributed by atoms with van der Waals surface area (Å²) < 4.78 is 13.0. The number of aromatic nitrogens is 2. The van der Waals surface area contributed by atoms with Crippen molar-refractivity contribution in [2.45, 2.75) is 32.2 Å². The Hall–Kier alpha value is -2.90. The van der Waals surface area contributed by atoms with E-state index in [1.54, 1.807) is 7.11 Å². The second kappa shape index (κ2) is 9.30. The predicted molar refractivity (Wildman–Crippen MR) is 125 cm³/mol. The van der Waals surface area contributed by atoms with Crippen LogP contribution >= 0.6 is 0 Å². The molecule has 1 aromatic heterocycles. The molecular weight excluding hydrogens is 404 g/mol. The summed E-state index contributed by atoms with van der Waals surface area (Å²) in [5.74, 6) is 0.556. The summed E-state index contributed by atoms with van der Waals surface area (Å²) in [6.07, 6.45) is 4.46. The molecule has 1 saturated heterocycles. The van der Waals surface area contributed by atoms with Gasteiger partial charge < -0.3 is 14.8 Å². The van der Waals surface area contributed by atoms with Crippen LogP contribution in [0.2, 0.25) is 0 Å². The first-order valence-corrected chi connectivity index (χ1v) is 11.5. The number of carbonyl (C=O) groups is 1. The first kappa shape index (κ1) is 21.0. The molecule has 2 aliphatic rings. The van der Waals surface area contributed by atoms with E-state index in [4.69, 9.17) is 14.6 Å². The van der Waals surface area contributed by atoms with Crippen molar-refractivity contribution in [2.75, 3.05) is 45.3 Å². The van der Waals surface area contributed by atoms with Crippen molar-refractivity contribution in [1.82, 2.24) is 14.7 Å². The maximum absolute atomic E-state index is 13.4. The lowest BCUT2D eigenvalue weighted by Gasteiger charge is -2.26. The molecule has 7 nitrogen and oxygen atoms in total. The summed E-state index contributed by atoms with van der Waals surface area (Å²) in [6, 6.07) is 12.0. The minimum atomic E-state index is -0.174. The fourth-order valence-electron chi connectivity index (χ4n) is 4.84. The van der Waals surface area contributed by atoms with Gasteiger partial charge in [-0.2, -0.15) is 5.10 Å². The maximum Gasteiger partial charge on any atom is 0.276 e. The fraction of sp³-hybridized carbons (Fsp3) is 0.440. The first-order chi connectivity index (χ1) is 15.7. The van der Waals surface area contributed by atoms with Crippen LogP contribution in [0.3, 0.4) is 0 Å². The van der Waals surface area contributed by atoms with E-state index in [0.717, 1.165) is 74.5 Å². The number of rotatable bonds is 6. The Balaban J connectivity index is 1.45. The van der Waals surface area contributed by atoms with Gasteiger partial charge in [0.15, 0.2) is 5.69 Å². The number of hydrogen-bond donors (Lipinski definition) is 1. The zero-order valence-electron chi connectivity index (χ0n) is 18.6. The van der Waals surface area contributed by atoms with Gasteiger partial charge in [-0.25, -0.2) is 0 Å².